The summed E-state index contributed by atoms with van der Waals surface area (Å²) in [5.41, 5.74) is 4.15. The van der Waals surface area contributed by atoms with Crippen LogP contribution in [0.4, 0.5) is 5.69 Å². The maximum atomic E-state index is 12.3. The Morgan fingerprint density at radius 3 is 2.45 bits per heavy atom. The smallest absolute Gasteiger partial charge is 0.282 e. The van der Waals surface area contributed by atoms with Crippen LogP contribution in [-0.4, -0.2) is 16.4 Å². The fraction of sp³-hybridized carbons (Fsp3) is 0.0667. The lowest BCUT2D eigenvalue weighted by Gasteiger charge is -2.13. The van der Waals surface area contributed by atoms with Gasteiger partial charge >= 0.3 is 0 Å². The molecule has 0 unspecified atom stereocenters. The summed E-state index contributed by atoms with van der Waals surface area (Å²) in [5.74, 6) is -0.734. The van der Waals surface area contributed by atoms with Crippen molar-refractivity contribution in [1.29, 1.82) is 0 Å². The van der Waals surface area contributed by atoms with Crippen LogP contribution in [0, 0.1) is 0 Å². The van der Waals surface area contributed by atoms with Gasteiger partial charge in [0, 0.05) is 18.9 Å². The molecule has 1 aromatic carbocycles. The fourth-order valence-electron chi connectivity index (χ4n) is 2.09. The number of hydrogen-bond donors (Lipinski definition) is 1. The summed E-state index contributed by atoms with van der Waals surface area (Å²) < 4.78 is 1.85. The third-order valence-corrected chi connectivity index (χ3v) is 3.18. The van der Waals surface area contributed by atoms with Gasteiger partial charge in [0.15, 0.2) is 0 Å². The second kappa shape index (κ2) is 4.70. The molecule has 0 atom stereocenters. The molecule has 2 heterocycles. The molecular weight excluding hydrogens is 254 g/mol. The summed E-state index contributed by atoms with van der Waals surface area (Å²) in [6.07, 6.45) is 3.46. The highest BCUT2D eigenvalue weighted by molar-refractivity contribution is 6.31. The van der Waals surface area contributed by atoms with E-state index < -0.39 is 0 Å². The van der Waals surface area contributed by atoms with Crippen molar-refractivity contribution in [2.45, 2.75) is 0 Å². The molecule has 0 aliphatic carbocycles. The van der Waals surface area contributed by atoms with Crippen LogP contribution in [0.15, 0.2) is 54.2 Å². The van der Waals surface area contributed by atoms with Gasteiger partial charge in [-0.05, 0) is 30.3 Å². The summed E-state index contributed by atoms with van der Waals surface area (Å²) in [6.45, 7) is 0. The van der Waals surface area contributed by atoms with Gasteiger partial charge in [-0.15, -0.1) is 0 Å². The molecule has 5 nitrogen and oxygen atoms in total. The Kier molecular flexibility index (Phi) is 2.87. The number of hydrogen-bond acceptors (Lipinski definition) is 2. The monoisotopic (exact) mass is 267 g/mol. The van der Waals surface area contributed by atoms with Gasteiger partial charge in [-0.2, -0.15) is 0 Å². The van der Waals surface area contributed by atoms with Crippen LogP contribution in [0.1, 0.15) is 5.69 Å². The Bertz CT molecular complexity index is 701. The van der Waals surface area contributed by atoms with Crippen LogP contribution in [0.5, 0.6) is 0 Å². The van der Waals surface area contributed by atoms with Gasteiger partial charge in [-0.25, -0.2) is 5.01 Å². The number of carbonyl (C=O) groups excluding carboxylic acids is 2. The molecule has 0 radical (unpaired) electrons. The maximum Gasteiger partial charge on any atom is 0.282 e. The van der Waals surface area contributed by atoms with Crippen molar-refractivity contribution in [3.8, 4) is 0 Å². The van der Waals surface area contributed by atoms with E-state index in [1.807, 2.05) is 48.1 Å². The van der Waals surface area contributed by atoms with Crippen molar-refractivity contribution in [1.82, 2.24) is 9.99 Å². The van der Waals surface area contributed by atoms with Gasteiger partial charge in [-0.1, -0.05) is 18.2 Å². The lowest BCUT2D eigenvalue weighted by molar-refractivity contribution is -0.117. The SMILES string of the molecule is Cn1cccc1/C=C1/C(=O)NN(c2ccccc2)C1=O. The van der Waals surface area contributed by atoms with E-state index >= 15 is 0 Å². The molecule has 1 fully saturated rings. The molecule has 3 rings (SSSR count). The summed E-state index contributed by atoms with van der Waals surface area (Å²) in [5, 5.41) is 1.26. The van der Waals surface area contributed by atoms with Crippen LogP contribution in [0.2, 0.25) is 0 Å². The lowest BCUT2D eigenvalue weighted by atomic mass is 10.2. The standard InChI is InChI=1S/C15H13N3O2/c1-17-9-5-8-12(17)10-13-14(19)16-18(15(13)20)11-6-3-2-4-7-11/h2-10H,1H3,(H,16,19)/b13-10-. The predicted octanol–water partition coefficient (Wildman–Crippen LogP) is 1.49. The first kappa shape index (κ1) is 12.2. The summed E-state index contributed by atoms with van der Waals surface area (Å²) in [4.78, 5) is 24.3. The quantitative estimate of drug-likeness (QED) is 0.662. The van der Waals surface area contributed by atoms with Gasteiger partial charge in [0.05, 0.1) is 5.69 Å². The summed E-state index contributed by atoms with van der Waals surface area (Å²) in [6, 6.07) is 12.7. The molecule has 1 saturated heterocycles. The van der Waals surface area contributed by atoms with Crippen LogP contribution < -0.4 is 10.4 Å². The Morgan fingerprint density at radius 2 is 1.80 bits per heavy atom. The number of nitrogens with one attached hydrogen (secondary N) is 1. The van der Waals surface area contributed by atoms with E-state index in [4.69, 9.17) is 0 Å². The molecule has 5 heteroatoms. The first-order chi connectivity index (χ1) is 9.66. The average molecular weight is 267 g/mol. The van der Waals surface area contributed by atoms with Gasteiger partial charge in [-0.3, -0.25) is 15.0 Å². The number of benzene rings is 1. The zero-order chi connectivity index (χ0) is 14.1. The van der Waals surface area contributed by atoms with E-state index in [1.165, 1.54) is 5.01 Å². The third-order valence-electron chi connectivity index (χ3n) is 3.18. The van der Waals surface area contributed by atoms with Crippen LogP contribution in [0.3, 0.4) is 0 Å². The summed E-state index contributed by atoms with van der Waals surface area (Å²) >= 11 is 0. The molecule has 1 N–H and O–H groups in total. The molecule has 1 aromatic heterocycles. The van der Waals surface area contributed by atoms with Crippen molar-refractivity contribution in [2.75, 3.05) is 5.01 Å². The first-order valence-corrected chi connectivity index (χ1v) is 6.20. The molecular formula is C15H13N3O2. The minimum absolute atomic E-state index is 0.135. The van der Waals surface area contributed by atoms with Gasteiger partial charge < -0.3 is 4.57 Å². The highest BCUT2D eigenvalue weighted by atomic mass is 16.2. The van der Waals surface area contributed by atoms with E-state index in [0.717, 1.165) is 5.69 Å². The number of hydrazine groups is 1. The Morgan fingerprint density at radius 1 is 1.05 bits per heavy atom. The maximum absolute atomic E-state index is 12.3. The van der Waals surface area contributed by atoms with Crippen molar-refractivity contribution in [3.05, 3.63) is 59.9 Å². The molecule has 100 valence electrons. The second-order valence-corrected chi connectivity index (χ2v) is 4.52. The Labute approximate surface area is 116 Å². The van der Waals surface area contributed by atoms with Gasteiger partial charge in [0.2, 0.25) is 0 Å². The minimum atomic E-state index is -0.389. The lowest BCUT2D eigenvalue weighted by Crippen LogP contribution is -2.35. The molecule has 0 spiro atoms. The largest absolute Gasteiger partial charge is 0.351 e. The number of amides is 2. The molecule has 1 aliphatic heterocycles. The Hall–Kier alpha value is -2.82. The molecule has 1 aliphatic rings. The van der Waals surface area contributed by atoms with Crippen LogP contribution in [0.25, 0.3) is 6.08 Å². The Balaban J connectivity index is 1.96. The zero-order valence-electron chi connectivity index (χ0n) is 10.9. The summed E-state index contributed by atoms with van der Waals surface area (Å²) in [7, 11) is 1.86. The number of aryl methyl sites for hydroxylation is 1. The number of nitrogens with zero attached hydrogens (tertiary/aromatic N) is 2. The van der Waals surface area contributed by atoms with E-state index in [9.17, 15) is 9.59 Å². The topological polar surface area (TPSA) is 54.3 Å². The van der Waals surface area contributed by atoms with E-state index in [0.29, 0.717) is 5.69 Å². The molecule has 2 aromatic rings. The van der Waals surface area contributed by atoms with Crippen LogP contribution in [-0.2, 0) is 16.6 Å². The average Bonchev–Trinajstić information content (AvgIpc) is 2.98. The van der Waals surface area contributed by atoms with Gasteiger partial charge in [0.1, 0.15) is 5.57 Å². The number of carbonyl (C=O) groups is 2. The molecule has 20 heavy (non-hydrogen) atoms. The number of aromatic nitrogens is 1. The minimum Gasteiger partial charge on any atom is -0.351 e. The van der Waals surface area contributed by atoms with Crippen molar-refractivity contribution in [2.24, 2.45) is 7.05 Å². The second-order valence-electron chi connectivity index (χ2n) is 4.52. The highest BCUT2D eigenvalue weighted by Crippen LogP contribution is 2.20. The highest BCUT2D eigenvalue weighted by Gasteiger charge is 2.34. The first-order valence-electron chi connectivity index (χ1n) is 6.20. The normalized spacial score (nSPS) is 16.9. The number of rotatable bonds is 2. The zero-order valence-corrected chi connectivity index (χ0v) is 10.9. The van der Waals surface area contributed by atoms with E-state index in [2.05, 4.69) is 5.43 Å². The molecule has 2 amide bonds. The van der Waals surface area contributed by atoms with E-state index in [1.54, 1.807) is 18.2 Å². The fourth-order valence-corrected chi connectivity index (χ4v) is 2.09. The van der Waals surface area contributed by atoms with Gasteiger partial charge in [0.25, 0.3) is 11.8 Å². The number of para-hydroxylation sites is 1. The molecule has 0 saturated carbocycles. The molecule has 0 bridgehead atoms. The number of anilines is 1. The van der Waals surface area contributed by atoms with Crippen molar-refractivity contribution >= 4 is 23.6 Å². The van der Waals surface area contributed by atoms with Crippen LogP contribution >= 0.6 is 0 Å². The predicted molar refractivity (Wildman–Crippen MR) is 75.5 cm³/mol. The third kappa shape index (κ3) is 1.99. The van der Waals surface area contributed by atoms with E-state index in [-0.39, 0.29) is 17.4 Å². The van der Waals surface area contributed by atoms with Crippen molar-refractivity contribution in [3.63, 3.8) is 0 Å². The van der Waals surface area contributed by atoms with Crippen molar-refractivity contribution < 1.29 is 9.59 Å².